The van der Waals surface area contributed by atoms with Crippen molar-refractivity contribution in [2.75, 3.05) is 11.9 Å². The summed E-state index contributed by atoms with van der Waals surface area (Å²) in [7, 11) is 0. The predicted molar refractivity (Wildman–Crippen MR) is 102 cm³/mol. The van der Waals surface area contributed by atoms with Gasteiger partial charge in [-0.2, -0.15) is 0 Å². The van der Waals surface area contributed by atoms with E-state index >= 15 is 0 Å². The van der Waals surface area contributed by atoms with Crippen LogP contribution in [-0.4, -0.2) is 24.5 Å². The molecule has 1 fully saturated rings. The van der Waals surface area contributed by atoms with E-state index in [9.17, 15) is 9.59 Å². The van der Waals surface area contributed by atoms with Gasteiger partial charge in [0.2, 0.25) is 0 Å². The molecule has 1 aliphatic carbocycles. The monoisotopic (exact) mass is 370 g/mol. The summed E-state index contributed by atoms with van der Waals surface area (Å²) in [6, 6.07) is 10.9. The lowest BCUT2D eigenvalue weighted by Gasteiger charge is -2.29. The quantitative estimate of drug-likeness (QED) is 0.726. The Morgan fingerprint density at radius 1 is 1.15 bits per heavy atom. The summed E-state index contributed by atoms with van der Waals surface area (Å²) in [5, 5.41) is 6.15. The number of nitrogens with one attached hydrogen (secondary N) is 2. The Balaban J connectivity index is 1.52. The summed E-state index contributed by atoms with van der Waals surface area (Å²) in [6.07, 6.45) is 6.05. The number of anilines is 1. The number of carbonyl (C=O) groups is 2. The zero-order valence-corrected chi connectivity index (χ0v) is 15.6. The molecular formula is C21H26N2O4. The van der Waals surface area contributed by atoms with E-state index in [1.165, 1.54) is 6.42 Å². The second-order valence-electron chi connectivity index (χ2n) is 6.99. The first-order chi connectivity index (χ1) is 13.1. The zero-order chi connectivity index (χ0) is 19.1. The van der Waals surface area contributed by atoms with Crippen LogP contribution in [0.2, 0.25) is 0 Å². The smallest absolute Gasteiger partial charge is 0.340 e. The Morgan fingerprint density at radius 3 is 2.74 bits per heavy atom. The highest BCUT2D eigenvalue weighted by molar-refractivity contribution is 5.96. The van der Waals surface area contributed by atoms with Gasteiger partial charge in [0, 0.05) is 11.7 Å². The number of hydrogen-bond donors (Lipinski definition) is 2. The van der Waals surface area contributed by atoms with Crippen molar-refractivity contribution in [1.29, 1.82) is 0 Å². The first-order valence-corrected chi connectivity index (χ1v) is 9.45. The highest BCUT2D eigenvalue weighted by Gasteiger charge is 2.23. The third-order valence-corrected chi connectivity index (χ3v) is 4.97. The van der Waals surface area contributed by atoms with Crippen molar-refractivity contribution in [2.45, 2.75) is 45.2 Å². The molecule has 0 radical (unpaired) electrons. The van der Waals surface area contributed by atoms with E-state index in [1.54, 1.807) is 24.5 Å². The highest BCUT2D eigenvalue weighted by atomic mass is 16.5. The molecule has 1 aromatic carbocycles. The third kappa shape index (κ3) is 5.36. The average molecular weight is 370 g/mol. The zero-order valence-electron chi connectivity index (χ0n) is 15.6. The molecule has 144 valence electrons. The maximum absolute atomic E-state index is 12.4. The lowest BCUT2D eigenvalue weighted by atomic mass is 9.86. The molecule has 1 aromatic heterocycles. The molecule has 2 N–H and O–H groups in total. The Morgan fingerprint density at radius 2 is 1.96 bits per heavy atom. The molecule has 2 atom stereocenters. The fourth-order valence-electron chi connectivity index (χ4n) is 3.40. The minimum absolute atomic E-state index is 0.173. The molecule has 1 heterocycles. The van der Waals surface area contributed by atoms with E-state index < -0.39 is 5.97 Å². The number of esters is 1. The Labute approximate surface area is 159 Å². The van der Waals surface area contributed by atoms with Gasteiger partial charge in [0.15, 0.2) is 6.61 Å². The molecule has 0 aliphatic heterocycles. The SMILES string of the molecule is CC1CCCCC1NC(=O)COC(=O)c1ccccc1NCc1ccco1. The summed E-state index contributed by atoms with van der Waals surface area (Å²) in [5.41, 5.74) is 1.03. The second-order valence-corrected chi connectivity index (χ2v) is 6.99. The minimum Gasteiger partial charge on any atom is -0.467 e. The number of rotatable bonds is 7. The number of ether oxygens (including phenoxy) is 1. The number of furan rings is 1. The van der Waals surface area contributed by atoms with Crippen LogP contribution in [0.1, 0.15) is 48.7 Å². The molecule has 1 aliphatic rings. The normalized spacial score (nSPS) is 19.3. The molecule has 1 saturated carbocycles. The molecule has 0 saturated heterocycles. The third-order valence-electron chi connectivity index (χ3n) is 4.97. The topological polar surface area (TPSA) is 80.6 Å². The largest absolute Gasteiger partial charge is 0.467 e. The molecule has 0 spiro atoms. The van der Waals surface area contributed by atoms with E-state index in [0.717, 1.165) is 25.0 Å². The van der Waals surface area contributed by atoms with Crippen LogP contribution in [0.5, 0.6) is 0 Å². The van der Waals surface area contributed by atoms with Crippen LogP contribution < -0.4 is 10.6 Å². The van der Waals surface area contributed by atoms with Gasteiger partial charge in [0.1, 0.15) is 5.76 Å². The van der Waals surface area contributed by atoms with E-state index in [1.807, 2.05) is 18.2 Å². The summed E-state index contributed by atoms with van der Waals surface area (Å²) < 4.78 is 10.5. The lowest BCUT2D eigenvalue weighted by molar-refractivity contribution is -0.125. The number of carbonyl (C=O) groups excluding carboxylic acids is 2. The fourth-order valence-corrected chi connectivity index (χ4v) is 3.40. The average Bonchev–Trinajstić information content (AvgIpc) is 3.20. The number of para-hydroxylation sites is 1. The van der Waals surface area contributed by atoms with Gasteiger partial charge in [-0.25, -0.2) is 4.79 Å². The molecule has 27 heavy (non-hydrogen) atoms. The van der Waals surface area contributed by atoms with E-state index in [0.29, 0.717) is 23.7 Å². The standard InChI is InChI=1S/C21H26N2O4/c1-15-7-2-4-10-18(15)23-20(24)14-27-21(25)17-9-3-5-11-19(17)22-13-16-8-6-12-26-16/h3,5-6,8-9,11-12,15,18,22H,2,4,7,10,13-14H2,1H3,(H,23,24). The lowest BCUT2D eigenvalue weighted by Crippen LogP contribution is -2.42. The van der Waals surface area contributed by atoms with Crippen LogP contribution in [0, 0.1) is 5.92 Å². The Bertz CT molecular complexity index is 757. The molecule has 2 aromatic rings. The predicted octanol–water partition coefficient (Wildman–Crippen LogP) is 3.74. The van der Waals surface area contributed by atoms with Gasteiger partial charge >= 0.3 is 5.97 Å². The van der Waals surface area contributed by atoms with E-state index in [4.69, 9.17) is 9.15 Å². The highest BCUT2D eigenvalue weighted by Crippen LogP contribution is 2.23. The van der Waals surface area contributed by atoms with Gasteiger partial charge in [-0.1, -0.05) is 31.9 Å². The van der Waals surface area contributed by atoms with Gasteiger partial charge in [-0.3, -0.25) is 4.79 Å². The first-order valence-electron chi connectivity index (χ1n) is 9.45. The van der Waals surface area contributed by atoms with Crippen LogP contribution in [0.25, 0.3) is 0 Å². The summed E-state index contributed by atoms with van der Waals surface area (Å²) in [4.78, 5) is 24.6. The molecular weight excluding hydrogens is 344 g/mol. The van der Waals surface area contributed by atoms with Crippen molar-refractivity contribution >= 4 is 17.6 Å². The minimum atomic E-state index is -0.524. The Kier molecular flexibility index (Phi) is 6.52. The van der Waals surface area contributed by atoms with Crippen LogP contribution in [0.15, 0.2) is 47.1 Å². The van der Waals surface area contributed by atoms with Crippen LogP contribution >= 0.6 is 0 Å². The van der Waals surface area contributed by atoms with Crippen molar-refractivity contribution in [3.63, 3.8) is 0 Å². The van der Waals surface area contributed by atoms with Gasteiger partial charge in [0.25, 0.3) is 5.91 Å². The van der Waals surface area contributed by atoms with E-state index in [-0.39, 0.29) is 18.6 Å². The van der Waals surface area contributed by atoms with Crippen molar-refractivity contribution < 1.29 is 18.7 Å². The molecule has 6 heteroatoms. The number of amides is 1. The van der Waals surface area contributed by atoms with E-state index in [2.05, 4.69) is 17.6 Å². The van der Waals surface area contributed by atoms with Crippen molar-refractivity contribution in [3.05, 3.63) is 54.0 Å². The van der Waals surface area contributed by atoms with Gasteiger partial charge in [-0.05, 0) is 43.0 Å². The summed E-state index contributed by atoms with van der Waals surface area (Å²) in [6.45, 7) is 2.34. The van der Waals surface area contributed by atoms with Crippen molar-refractivity contribution in [1.82, 2.24) is 5.32 Å². The number of hydrogen-bond acceptors (Lipinski definition) is 5. The maximum atomic E-state index is 12.4. The molecule has 0 bridgehead atoms. The number of benzene rings is 1. The van der Waals surface area contributed by atoms with Crippen LogP contribution in [0.3, 0.4) is 0 Å². The van der Waals surface area contributed by atoms with Gasteiger partial charge in [-0.15, -0.1) is 0 Å². The summed E-state index contributed by atoms with van der Waals surface area (Å²) in [5.74, 6) is 0.455. The fraction of sp³-hybridized carbons (Fsp3) is 0.429. The van der Waals surface area contributed by atoms with Crippen molar-refractivity contribution in [3.8, 4) is 0 Å². The van der Waals surface area contributed by atoms with Gasteiger partial charge in [0.05, 0.1) is 18.4 Å². The van der Waals surface area contributed by atoms with Crippen molar-refractivity contribution in [2.24, 2.45) is 5.92 Å². The summed E-state index contributed by atoms with van der Waals surface area (Å²) >= 11 is 0. The molecule has 1 amide bonds. The van der Waals surface area contributed by atoms with Crippen LogP contribution in [0.4, 0.5) is 5.69 Å². The molecule has 3 rings (SSSR count). The second kappa shape index (κ2) is 9.26. The molecule has 6 nitrogen and oxygen atoms in total. The van der Waals surface area contributed by atoms with Gasteiger partial charge < -0.3 is 19.8 Å². The van der Waals surface area contributed by atoms with Crippen LogP contribution in [-0.2, 0) is 16.1 Å². The molecule has 2 unspecified atom stereocenters. The first kappa shape index (κ1) is 19.0. The maximum Gasteiger partial charge on any atom is 0.340 e. The Hall–Kier alpha value is -2.76.